The zero-order chi connectivity index (χ0) is 23.5. The van der Waals surface area contributed by atoms with Crippen molar-refractivity contribution in [2.75, 3.05) is 19.8 Å². The van der Waals surface area contributed by atoms with Gasteiger partial charge in [0.05, 0.1) is 30.9 Å². The number of aryl methyl sites for hydroxylation is 1. The third-order valence-corrected chi connectivity index (χ3v) is 7.09. The summed E-state index contributed by atoms with van der Waals surface area (Å²) in [5.74, 6) is 2.86. The lowest BCUT2D eigenvalue weighted by Crippen LogP contribution is -2.23. The van der Waals surface area contributed by atoms with Crippen LogP contribution in [0.4, 0.5) is 0 Å². The molecule has 2 heterocycles. The molecule has 1 aliphatic heterocycles. The standard InChI is InChI=1S/C25H32N2O5S/c1-6-29-18-11-16(12-19(30-7-2)24(18)31-8-3)13-26-25(28)23-14(4)21-17(32-23)9-10-20-22(21)27-15(5)33-20/h11-12,20,22H,6-10,13H2,1-5H3,(H,26,28). The van der Waals surface area contributed by atoms with E-state index in [2.05, 4.69) is 12.2 Å². The van der Waals surface area contributed by atoms with E-state index in [9.17, 15) is 4.79 Å². The molecule has 1 N–H and O–H groups in total. The minimum atomic E-state index is -0.227. The summed E-state index contributed by atoms with van der Waals surface area (Å²) in [6, 6.07) is 3.86. The predicted octanol–water partition coefficient (Wildman–Crippen LogP) is 5.24. The van der Waals surface area contributed by atoms with Gasteiger partial charge in [0, 0.05) is 29.3 Å². The van der Waals surface area contributed by atoms with Crippen LogP contribution in [0.1, 0.15) is 73.2 Å². The van der Waals surface area contributed by atoms with Crippen molar-refractivity contribution in [1.82, 2.24) is 5.32 Å². The average Bonchev–Trinajstić information content (AvgIpc) is 3.33. The van der Waals surface area contributed by atoms with Crippen LogP contribution in [0.5, 0.6) is 17.2 Å². The van der Waals surface area contributed by atoms with Gasteiger partial charge in [-0.25, -0.2) is 0 Å². The van der Waals surface area contributed by atoms with E-state index >= 15 is 0 Å². The van der Waals surface area contributed by atoms with Crippen LogP contribution in [0.3, 0.4) is 0 Å². The lowest BCUT2D eigenvalue weighted by molar-refractivity contribution is 0.0920. The van der Waals surface area contributed by atoms with Crippen LogP contribution in [-0.2, 0) is 13.0 Å². The number of furan rings is 1. The fraction of sp³-hybridized carbons (Fsp3) is 0.520. The molecule has 0 fully saturated rings. The number of carbonyl (C=O) groups excluding carboxylic acids is 1. The van der Waals surface area contributed by atoms with Crippen molar-refractivity contribution in [2.24, 2.45) is 4.99 Å². The first kappa shape index (κ1) is 23.5. The van der Waals surface area contributed by atoms with Crippen molar-refractivity contribution in [1.29, 1.82) is 0 Å². The smallest absolute Gasteiger partial charge is 0.287 e. The molecule has 4 rings (SSSR count). The molecule has 2 aliphatic rings. The highest BCUT2D eigenvalue weighted by Gasteiger charge is 2.39. The number of ether oxygens (including phenoxy) is 3. The number of nitrogens with zero attached hydrogens (tertiary/aromatic N) is 1. The fourth-order valence-electron chi connectivity index (χ4n) is 4.52. The first-order valence-electron chi connectivity index (χ1n) is 11.6. The van der Waals surface area contributed by atoms with E-state index in [1.807, 2.05) is 51.6 Å². The Bertz CT molecular complexity index is 1030. The molecule has 7 nitrogen and oxygen atoms in total. The molecule has 2 atom stereocenters. The maximum absolute atomic E-state index is 13.1. The van der Waals surface area contributed by atoms with Gasteiger partial charge in [-0.3, -0.25) is 9.79 Å². The molecule has 8 heteroatoms. The van der Waals surface area contributed by atoms with Gasteiger partial charge < -0.3 is 23.9 Å². The maximum atomic E-state index is 13.1. The second-order valence-electron chi connectivity index (χ2n) is 8.08. The Morgan fingerprint density at radius 1 is 1.12 bits per heavy atom. The Kier molecular flexibility index (Phi) is 7.22. The van der Waals surface area contributed by atoms with Crippen molar-refractivity contribution >= 4 is 22.7 Å². The van der Waals surface area contributed by atoms with Gasteiger partial charge in [-0.2, -0.15) is 0 Å². The second-order valence-corrected chi connectivity index (χ2v) is 9.52. The van der Waals surface area contributed by atoms with Gasteiger partial charge in [0.15, 0.2) is 17.3 Å². The lowest BCUT2D eigenvalue weighted by Gasteiger charge is -2.22. The third-order valence-electron chi connectivity index (χ3n) is 5.85. The van der Waals surface area contributed by atoms with E-state index in [1.165, 1.54) is 0 Å². The summed E-state index contributed by atoms with van der Waals surface area (Å²) in [7, 11) is 0. The molecule has 1 amide bonds. The SMILES string of the molecule is CCOc1cc(CNC(=O)c2oc3c(c2C)C2N=C(C)SC2CC3)cc(OCC)c1OCC. The molecule has 1 aromatic heterocycles. The molecule has 0 saturated carbocycles. The number of fused-ring (bicyclic) bond motifs is 3. The van der Waals surface area contributed by atoms with Crippen LogP contribution >= 0.6 is 11.8 Å². The molecule has 0 radical (unpaired) electrons. The highest BCUT2D eigenvalue weighted by atomic mass is 32.2. The zero-order valence-electron chi connectivity index (χ0n) is 19.9. The Balaban J connectivity index is 1.54. The number of benzene rings is 1. The van der Waals surface area contributed by atoms with Crippen molar-refractivity contribution < 1.29 is 23.4 Å². The Hall–Kier alpha value is -2.61. The van der Waals surface area contributed by atoms with Gasteiger partial charge in [-0.1, -0.05) is 0 Å². The van der Waals surface area contributed by atoms with Gasteiger partial charge in [0.1, 0.15) is 5.76 Å². The number of rotatable bonds is 9. The molecule has 2 aromatic rings. The van der Waals surface area contributed by atoms with Gasteiger partial charge in [0.2, 0.25) is 5.75 Å². The summed E-state index contributed by atoms with van der Waals surface area (Å²) in [4.78, 5) is 17.9. The van der Waals surface area contributed by atoms with Gasteiger partial charge >= 0.3 is 0 Å². The van der Waals surface area contributed by atoms with E-state index in [0.717, 1.165) is 40.3 Å². The summed E-state index contributed by atoms with van der Waals surface area (Å²) in [5.41, 5.74) is 2.85. The normalized spacial score (nSPS) is 18.9. The number of carbonyl (C=O) groups is 1. The zero-order valence-corrected chi connectivity index (χ0v) is 20.8. The topological polar surface area (TPSA) is 82.3 Å². The maximum Gasteiger partial charge on any atom is 0.287 e. The van der Waals surface area contributed by atoms with E-state index in [0.29, 0.717) is 54.6 Å². The molecule has 0 bridgehead atoms. The Labute approximate surface area is 199 Å². The van der Waals surface area contributed by atoms with Crippen molar-refractivity contribution in [2.45, 2.75) is 65.3 Å². The molecular weight excluding hydrogens is 440 g/mol. The quantitative estimate of drug-likeness (QED) is 0.538. The van der Waals surface area contributed by atoms with Crippen molar-refractivity contribution in [3.63, 3.8) is 0 Å². The van der Waals surface area contributed by atoms with Crippen molar-refractivity contribution in [3.05, 3.63) is 40.3 Å². The van der Waals surface area contributed by atoms with Crippen LogP contribution in [0, 0.1) is 6.92 Å². The van der Waals surface area contributed by atoms with Gasteiger partial charge in [0.25, 0.3) is 5.91 Å². The summed E-state index contributed by atoms with van der Waals surface area (Å²) < 4.78 is 23.4. The molecule has 2 unspecified atom stereocenters. The first-order chi connectivity index (χ1) is 16.0. The highest BCUT2D eigenvalue weighted by Crippen LogP contribution is 2.47. The lowest BCUT2D eigenvalue weighted by atomic mass is 9.90. The Morgan fingerprint density at radius 3 is 2.42 bits per heavy atom. The second kappa shape index (κ2) is 10.1. The van der Waals surface area contributed by atoms with Crippen LogP contribution in [0.2, 0.25) is 0 Å². The number of amides is 1. The molecule has 1 aromatic carbocycles. The third kappa shape index (κ3) is 4.71. The van der Waals surface area contributed by atoms with E-state index in [-0.39, 0.29) is 11.9 Å². The van der Waals surface area contributed by atoms with E-state index < -0.39 is 0 Å². The summed E-state index contributed by atoms with van der Waals surface area (Å²) in [6.45, 7) is 11.6. The number of hydrogen-bond acceptors (Lipinski definition) is 7. The van der Waals surface area contributed by atoms with Gasteiger partial charge in [-0.15, -0.1) is 11.8 Å². The van der Waals surface area contributed by atoms with Crippen molar-refractivity contribution in [3.8, 4) is 17.2 Å². The largest absolute Gasteiger partial charge is 0.490 e. The first-order valence-corrected chi connectivity index (χ1v) is 12.5. The molecule has 178 valence electrons. The number of aliphatic imine (C=N–C) groups is 1. The van der Waals surface area contributed by atoms with E-state index in [1.54, 1.807) is 0 Å². The van der Waals surface area contributed by atoms with Crippen LogP contribution in [0.15, 0.2) is 21.5 Å². The average molecular weight is 473 g/mol. The number of nitrogens with one attached hydrogen (secondary N) is 1. The number of hydrogen-bond donors (Lipinski definition) is 1. The highest BCUT2D eigenvalue weighted by molar-refractivity contribution is 8.14. The van der Waals surface area contributed by atoms with Gasteiger partial charge in [-0.05, 0) is 58.7 Å². The van der Waals surface area contributed by atoms with E-state index in [4.69, 9.17) is 23.6 Å². The number of thioether (sulfide) groups is 1. The summed E-state index contributed by atoms with van der Waals surface area (Å²) >= 11 is 1.84. The fourth-order valence-corrected chi connectivity index (χ4v) is 5.69. The minimum Gasteiger partial charge on any atom is -0.490 e. The monoisotopic (exact) mass is 472 g/mol. The molecule has 0 spiro atoms. The minimum absolute atomic E-state index is 0.0951. The molecule has 1 aliphatic carbocycles. The van der Waals surface area contributed by atoms with Crippen LogP contribution in [0.25, 0.3) is 0 Å². The summed E-state index contributed by atoms with van der Waals surface area (Å²) in [6.07, 6.45) is 1.86. The molecular formula is C25H32N2O5S. The predicted molar refractivity (Wildman–Crippen MR) is 130 cm³/mol. The molecule has 0 saturated heterocycles. The summed E-state index contributed by atoms with van der Waals surface area (Å²) in [5, 5.41) is 4.55. The van der Waals surface area contributed by atoms with Crippen LogP contribution in [-0.4, -0.2) is 36.0 Å². The Morgan fingerprint density at radius 2 is 1.79 bits per heavy atom. The van der Waals surface area contributed by atoms with Crippen LogP contribution < -0.4 is 19.5 Å². The molecule has 33 heavy (non-hydrogen) atoms.